The normalized spacial score (nSPS) is 13.4. The van der Waals surface area contributed by atoms with Gasteiger partial charge in [0.25, 0.3) is 0 Å². The minimum atomic E-state index is 0. The van der Waals surface area contributed by atoms with Crippen LogP contribution < -0.4 is 0 Å². The molecule has 0 unspecified atom stereocenters. The van der Waals surface area contributed by atoms with Gasteiger partial charge in [0.05, 0.1) is 5.38 Å². The van der Waals surface area contributed by atoms with Crippen LogP contribution in [0, 0.1) is 0 Å². The van der Waals surface area contributed by atoms with Gasteiger partial charge in [0.15, 0.2) is 0 Å². The predicted octanol–water partition coefficient (Wildman–Crippen LogP) is 3.78. The smallest absolute Gasteiger partial charge is 0.212 e. The first kappa shape index (κ1) is 12.9. The summed E-state index contributed by atoms with van der Waals surface area (Å²) in [4.78, 5) is 0. The molecule has 0 bridgehead atoms. The third kappa shape index (κ3) is 6.06. The van der Waals surface area contributed by atoms with Crippen molar-refractivity contribution in [2.75, 3.05) is 0 Å². The van der Waals surface area contributed by atoms with E-state index in [1.807, 2.05) is 48.6 Å². The van der Waals surface area contributed by atoms with E-state index in [2.05, 4.69) is 0 Å². The summed E-state index contributed by atoms with van der Waals surface area (Å²) in [7, 11) is 0. The SMILES string of the molecule is ClC1C=CC=C1.Clc1ccc[cH-]1.[Fe+2]. The molecule has 0 heterocycles. The van der Waals surface area contributed by atoms with Crippen molar-refractivity contribution in [2.45, 2.75) is 5.38 Å². The molecule has 1 aliphatic rings. The Morgan fingerprint density at radius 2 is 1.85 bits per heavy atom. The van der Waals surface area contributed by atoms with Crippen molar-refractivity contribution in [3.05, 3.63) is 53.6 Å². The van der Waals surface area contributed by atoms with Crippen molar-refractivity contribution in [1.82, 2.24) is 0 Å². The van der Waals surface area contributed by atoms with Gasteiger partial charge in [-0.1, -0.05) is 29.3 Å². The Morgan fingerprint density at radius 3 is 2.00 bits per heavy atom. The Morgan fingerprint density at radius 1 is 1.23 bits per heavy atom. The van der Waals surface area contributed by atoms with E-state index < -0.39 is 0 Å². The number of hydrogen-bond donors (Lipinski definition) is 0. The van der Waals surface area contributed by atoms with E-state index in [0.29, 0.717) is 0 Å². The average molecular weight is 256 g/mol. The van der Waals surface area contributed by atoms with Gasteiger partial charge in [-0.05, 0) is 0 Å². The summed E-state index contributed by atoms with van der Waals surface area (Å²) in [6.45, 7) is 0. The van der Waals surface area contributed by atoms with E-state index in [1.165, 1.54) is 0 Å². The van der Waals surface area contributed by atoms with Gasteiger partial charge >= 0.3 is 17.1 Å². The number of halogens is 2. The standard InChI is InChI=1S/C5H5Cl.C5H4Cl.Fe/c2*6-5-3-1-2-4-5;/h1-5H;1-4H;/q;-1;+2. The largest absolute Gasteiger partial charge is 2.00 e. The van der Waals surface area contributed by atoms with Crippen LogP contribution in [-0.4, -0.2) is 5.38 Å². The van der Waals surface area contributed by atoms with Crippen LogP contribution >= 0.6 is 23.2 Å². The fourth-order valence-corrected chi connectivity index (χ4v) is 1.07. The summed E-state index contributed by atoms with van der Waals surface area (Å²) in [5.41, 5.74) is 0. The molecule has 0 aromatic heterocycles. The van der Waals surface area contributed by atoms with Crippen LogP contribution in [0.25, 0.3) is 0 Å². The van der Waals surface area contributed by atoms with Crippen molar-refractivity contribution >= 4 is 23.2 Å². The Labute approximate surface area is 99.1 Å². The van der Waals surface area contributed by atoms with Crippen LogP contribution in [0.5, 0.6) is 0 Å². The molecule has 70 valence electrons. The van der Waals surface area contributed by atoms with Crippen molar-refractivity contribution in [1.29, 1.82) is 0 Å². The van der Waals surface area contributed by atoms with E-state index in [0.717, 1.165) is 5.02 Å². The minimum absolute atomic E-state index is 0. The monoisotopic (exact) mass is 255 g/mol. The zero-order valence-corrected chi connectivity index (χ0v) is 9.42. The van der Waals surface area contributed by atoms with E-state index in [4.69, 9.17) is 23.2 Å². The third-order valence-electron chi connectivity index (χ3n) is 1.32. The maximum Gasteiger partial charge on any atom is 2.00 e. The van der Waals surface area contributed by atoms with Gasteiger partial charge in [-0.15, -0.1) is 23.2 Å². The average Bonchev–Trinajstić information content (AvgIpc) is 2.63. The molecule has 0 nitrogen and oxygen atoms in total. The van der Waals surface area contributed by atoms with Crippen molar-refractivity contribution < 1.29 is 17.1 Å². The number of rotatable bonds is 0. The minimum Gasteiger partial charge on any atom is -0.212 e. The summed E-state index contributed by atoms with van der Waals surface area (Å²) in [6.07, 6.45) is 7.75. The third-order valence-corrected chi connectivity index (χ3v) is 1.87. The van der Waals surface area contributed by atoms with Crippen molar-refractivity contribution in [3.63, 3.8) is 0 Å². The first-order chi connectivity index (χ1) is 5.79. The number of hydrogen-bond acceptors (Lipinski definition) is 0. The summed E-state index contributed by atoms with van der Waals surface area (Å²) >= 11 is 11.0. The first-order valence-electron chi connectivity index (χ1n) is 3.65. The maximum absolute atomic E-state index is 5.54. The van der Waals surface area contributed by atoms with Crippen LogP contribution in [0.4, 0.5) is 0 Å². The van der Waals surface area contributed by atoms with Gasteiger partial charge < -0.3 is 0 Å². The molecule has 0 fully saturated rings. The second-order valence-corrected chi connectivity index (χ2v) is 3.26. The van der Waals surface area contributed by atoms with Gasteiger partial charge in [-0.25, -0.2) is 6.07 Å². The molecule has 1 aromatic rings. The summed E-state index contributed by atoms with van der Waals surface area (Å²) in [5, 5.41) is 0.972. The maximum atomic E-state index is 5.54. The van der Waals surface area contributed by atoms with Crippen LogP contribution in [0.1, 0.15) is 0 Å². The van der Waals surface area contributed by atoms with E-state index in [1.54, 1.807) is 0 Å². The molecule has 2 rings (SSSR count). The molecule has 0 atom stereocenters. The molecule has 0 radical (unpaired) electrons. The Bertz CT molecular complexity index is 250. The molecule has 0 saturated heterocycles. The molecule has 0 amide bonds. The Kier molecular flexibility index (Phi) is 7.30. The first-order valence-corrected chi connectivity index (χ1v) is 4.47. The molecule has 0 aliphatic heterocycles. The van der Waals surface area contributed by atoms with Crippen LogP contribution in [-0.2, 0) is 17.1 Å². The molecular formula is C10H9Cl2Fe+. The molecule has 3 heteroatoms. The van der Waals surface area contributed by atoms with Gasteiger partial charge in [0.2, 0.25) is 0 Å². The van der Waals surface area contributed by atoms with Gasteiger partial charge in [0.1, 0.15) is 0 Å². The molecule has 1 aliphatic carbocycles. The van der Waals surface area contributed by atoms with Gasteiger partial charge in [0, 0.05) is 0 Å². The molecule has 0 N–H and O–H groups in total. The van der Waals surface area contributed by atoms with E-state index >= 15 is 0 Å². The topological polar surface area (TPSA) is 0 Å². The summed E-state index contributed by atoms with van der Waals surface area (Å²) in [6, 6.07) is 7.51. The van der Waals surface area contributed by atoms with Crippen LogP contribution in [0.15, 0.2) is 48.6 Å². The number of allylic oxidation sites excluding steroid dienone is 4. The van der Waals surface area contributed by atoms with Crippen LogP contribution in [0.2, 0.25) is 5.02 Å². The molecule has 0 saturated carbocycles. The van der Waals surface area contributed by atoms with Gasteiger partial charge in [-0.2, -0.15) is 18.2 Å². The second-order valence-electron chi connectivity index (χ2n) is 2.32. The van der Waals surface area contributed by atoms with Crippen LogP contribution in [0.3, 0.4) is 0 Å². The predicted molar refractivity (Wildman–Crippen MR) is 55.0 cm³/mol. The van der Waals surface area contributed by atoms with Crippen molar-refractivity contribution in [2.24, 2.45) is 0 Å². The zero-order valence-electron chi connectivity index (χ0n) is 6.81. The Balaban J connectivity index is 0.000000206. The fourth-order valence-electron chi connectivity index (χ4n) is 0.755. The quantitative estimate of drug-likeness (QED) is 0.376. The van der Waals surface area contributed by atoms with E-state index in [-0.39, 0.29) is 22.4 Å². The number of alkyl halides is 1. The summed E-state index contributed by atoms with van der Waals surface area (Å²) < 4.78 is 0. The zero-order chi connectivity index (χ0) is 8.81. The second kappa shape index (κ2) is 7.34. The fraction of sp³-hybridized carbons (Fsp3) is 0.100. The van der Waals surface area contributed by atoms with Crippen molar-refractivity contribution in [3.8, 4) is 0 Å². The van der Waals surface area contributed by atoms with E-state index in [9.17, 15) is 0 Å². The Hall–Kier alpha value is -0.0705. The molecule has 0 spiro atoms. The molecule has 13 heavy (non-hydrogen) atoms. The van der Waals surface area contributed by atoms with Gasteiger partial charge in [-0.3, -0.25) is 0 Å². The molecular weight excluding hydrogens is 247 g/mol. The summed E-state index contributed by atoms with van der Waals surface area (Å²) in [5.74, 6) is 0. The molecule has 1 aromatic carbocycles.